The Hall–Kier alpha value is 0.354. The molecule has 0 aromatic heterocycles. The first-order chi connectivity index (χ1) is 4.16. The first-order valence-corrected chi connectivity index (χ1v) is 9.79. The lowest BCUT2D eigenvalue weighted by Gasteiger charge is -2.16. The van der Waals surface area contributed by atoms with E-state index in [1.54, 1.807) is 0 Å². The van der Waals surface area contributed by atoms with Gasteiger partial charge < -0.3 is 9.47 Å². The number of rotatable bonds is 4. The molecule has 0 aliphatic rings. The topological polar surface area (TPSA) is 6.48 Å². The van der Waals surface area contributed by atoms with Crippen LogP contribution in [0.1, 0.15) is 0 Å². The number of hydrogen-bond donors (Lipinski definition) is 0. The van der Waals surface area contributed by atoms with E-state index in [0.717, 1.165) is 0 Å². The van der Waals surface area contributed by atoms with Gasteiger partial charge in [-0.3, -0.25) is 0 Å². The number of nitrogens with zero attached hydrogens (tertiary/aromatic N) is 2. The lowest BCUT2D eigenvalue weighted by molar-refractivity contribution is 0.366. The van der Waals surface area contributed by atoms with E-state index in [0.29, 0.717) is 0 Å². The molecule has 0 N–H and O–H groups in total. The van der Waals surface area contributed by atoms with E-state index in [1.165, 1.54) is 22.8 Å². The number of hydrogen-bond acceptors (Lipinski definition) is 2. The molecule has 0 fully saturated rings. The van der Waals surface area contributed by atoms with Gasteiger partial charge in [0.1, 0.15) is 0 Å². The van der Waals surface area contributed by atoms with Crippen LogP contribution in [0.15, 0.2) is 0 Å². The van der Waals surface area contributed by atoms with Crippen LogP contribution in [0.5, 0.6) is 0 Å². The molecule has 0 aromatic carbocycles. The minimum atomic E-state index is 0.241. The molecule has 0 heterocycles. The third-order valence-electron chi connectivity index (χ3n) is 1.47. The van der Waals surface area contributed by atoms with Gasteiger partial charge in [0.15, 0.2) is 0 Å². The average Bonchev–Trinajstić information content (AvgIpc) is 1.83. The smallest absolute Gasteiger partial charge is 0.0753 e. The molecule has 0 bridgehead atoms. The Labute approximate surface area is 63.3 Å². The molecule has 4 heteroatoms. The molecule has 0 radical (unpaired) electrons. The van der Waals surface area contributed by atoms with E-state index >= 15 is 0 Å². The Morgan fingerprint density at radius 3 is 2.11 bits per heavy atom. The van der Waals surface area contributed by atoms with Crippen molar-refractivity contribution in [2.45, 2.75) is 0 Å². The summed E-state index contributed by atoms with van der Waals surface area (Å²) in [6.45, 7) is 2.48. The van der Waals surface area contributed by atoms with Crippen molar-refractivity contribution < 1.29 is 0 Å². The molecule has 9 heavy (non-hydrogen) atoms. The molecule has 0 atom stereocenters. The second-order valence-electron chi connectivity index (χ2n) is 2.70. The van der Waals surface area contributed by atoms with Crippen molar-refractivity contribution in [2.75, 3.05) is 34.2 Å². The van der Waals surface area contributed by atoms with Crippen LogP contribution in [-0.2, 0) is 0 Å². The van der Waals surface area contributed by atoms with Gasteiger partial charge in [0.2, 0.25) is 0 Å². The highest BCUT2D eigenvalue weighted by Gasteiger charge is 1.93. The zero-order chi connectivity index (χ0) is 7.28. The quantitative estimate of drug-likeness (QED) is 0.435. The van der Waals surface area contributed by atoms with E-state index in [4.69, 9.17) is 0 Å². The minimum absolute atomic E-state index is 0.241. The molecular weight excluding hydrogens is 144 g/mol. The Morgan fingerprint density at radius 1 is 1.22 bits per heavy atom. The summed E-state index contributed by atoms with van der Waals surface area (Å²) in [7, 11) is 8.16. The maximum Gasteiger partial charge on any atom is 0.0753 e. The molecule has 0 aliphatic heterocycles. The second kappa shape index (κ2) is 5.16. The van der Waals surface area contributed by atoms with Gasteiger partial charge in [0.25, 0.3) is 0 Å². The van der Waals surface area contributed by atoms with Crippen LogP contribution in [0.3, 0.4) is 0 Å². The summed E-state index contributed by atoms with van der Waals surface area (Å²) in [6.07, 6.45) is 0. The minimum Gasteiger partial charge on any atom is -0.334 e. The summed E-state index contributed by atoms with van der Waals surface area (Å²) in [5, 5.41) is 0. The predicted octanol–water partition coefficient (Wildman–Crippen LogP) is -2.16. The molecule has 56 valence electrons. The van der Waals surface area contributed by atoms with Gasteiger partial charge in [-0.15, -0.1) is 0 Å². The Morgan fingerprint density at radius 2 is 1.78 bits per heavy atom. The van der Waals surface area contributed by atoms with Crippen molar-refractivity contribution in [1.82, 2.24) is 9.47 Å². The van der Waals surface area contributed by atoms with Crippen molar-refractivity contribution in [3.8, 4) is 0 Å². The zero-order valence-corrected chi connectivity index (χ0v) is 10.4. The third kappa shape index (κ3) is 6.24. The van der Waals surface area contributed by atoms with Gasteiger partial charge in [0, 0.05) is 22.8 Å². The SMILES string of the molecule is CN(C)CCN(C)[SiH2][SiH3]. The molecule has 0 aliphatic carbocycles. The highest BCUT2D eigenvalue weighted by atomic mass is 29.1. The van der Waals surface area contributed by atoms with Gasteiger partial charge in [-0.1, -0.05) is 0 Å². The van der Waals surface area contributed by atoms with Crippen LogP contribution in [-0.4, -0.2) is 62.7 Å². The first kappa shape index (κ1) is 9.35. The van der Waals surface area contributed by atoms with Crippen LogP contribution in [0.4, 0.5) is 0 Å². The van der Waals surface area contributed by atoms with Crippen LogP contribution in [0.25, 0.3) is 0 Å². The molecule has 0 spiro atoms. The van der Waals surface area contributed by atoms with Crippen molar-refractivity contribution in [3.05, 3.63) is 0 Å². The predicted molar refractivity (Wildman–Crippen MR) is 49.7 cm³/mol. The van der Waals surface area contributed by atoms with Crippen LogP contribution < -0.4 is 0 Å². The van der Waals surface area contributed by atoms with Crippen LogP contribution >= 0.6 is 0 Å². The highest BCUT2D eigenvalue weighted by Crippen LogP contribution is 1.77. The second-order valence-corrected chi connectivity index (χ2v) is 6.31. The lowest BCUT2D eigenvalue weighted by Crippen LogP contribution is -2.31. The van der Waals surface area contributed by atoms with E-state index in [-0.39, 0.29) is 9.20 Å². The summed E-state index contributed by atoms with van der Waals surface area (Å²) in [5.41, 5.74) is 0. The summed E-state index contributed by atoms with van der Waals surface area (Å²) in [6, 6.07) is 0. The van der Waals surface area contributed by atoms with Gasteiger partial charge in [-0.2, -0.15) is 0 Å². The lowest BCUT2D eigenvalue weighted by atomic mass is 10.6. The molecule has 0 unspecified atom stereocenters. The molecule has 2 nitrogen and oxygen atoms in total. The maximum atomic E-state index is 2.51. The van der Waals surface area contributed by atoms with E-state index in [9.17, 15) is 0 Å². The summed E-state index contributed by atoms with van der Waals surface area (Å²) >= 11 is 0. The fourth-order valence-corrected chi connectivity index (χ4v) is 1.94. The normalized spacial score (nSPS) is 13.0. The molecule has 0 amide bonds. The summed E-state index contributed by atoms with van der Waals surface area (Å²) < 4.78 is 2.51. The largest absolute Gasteiger partial charge is 0.334 e. The average molecular weight is 162 g/mol. The van der Waals surface area contributed by atoms with E-state index in [2.05, 4.69) is 30.6 Å². The van der Waals surface area contributed by atoms with Crippen LogP contribution in [0.2, 0.25) is 0 Å². The molecule has 0 saturated heterocycles. The van der Waals surface area contributed by atoms with Crippen molar-refractivity contribution in [3.63, 3.8) is 0 Å². The van der Waals surface area contributed by atoms with Gasteiger partial charge >= 0.3 is 0 Å². The van der Waals surface area contributed by atoms with Crippen molar-refractivity contribution >= 4 is 19.0 Å². The fourth-order valence-electron chi connectivity index (χ4n) is 0.529. The molecule has 0 rings (SSSR count). The maximum absolute atomic E-state index is 2.51. The van der Waals surface area contributed by atoms with E-state index in [1.807, 2.05) is 0 Å². The Kier molecular flexibility index (Phi) is 5.37. The monoisotopic (exact) mass is 162 g/mol. The van der Waals surface area contributed by atoms with Crippen molar-refractivity contribution in [1.29, 1.82) is 0 Å². The summed E-state index contributed by atoms with van der Waals surface area (Å²) in [4.78, 5) is 2.24. The third-order valence-corrected chi connectivity index (χ3v) is 6.10. The van der Waals surface area contributed by atoms with Gasteiger partial charge in [-0.25, -0.2) is 0 Å². The Bertz CT molecular complexity index is 68.0. The fraction of sp³-hybridized carbons (Fsp3) is 1.00. The number of likely N-dealkylation sites (N-methyl/N-ethyl adjacent to an activating group) is 2. The highest BCUT2D eigenvalue weighted by molar-refractivity contribution is 6.87. The standard InChI is InChI=1S/C5H18N2Si2/c1-6(2)4-5-7(3)9-8/h4-5,9H2,1-3,8H3. The van der Waals surface area contributed by atoms with Gasteiger partial charge in [-0.05, 0) is 21.1 Å². The first-order valence-electron chi connectivity index (χ1n) is 3.50. The van der Waals surface area contributed by atoms with E-state index < -0.39 is 0 Å². The molecular formula is C5H18N2Si2. The van der Waals surface area contributed by atoms with Gasteiger partial charge in [0.05, 0.1) is 9.20 Å². The zero-order valence-electron chi connectivity index (χ0n) is 7.02. The Balaban J connectivity index is 3.06. The molecule has 0 aromatic rings. The molecule has 0 saturated carbocycles. The van der Waals surface area contributed by atoms with Crippen LogP contribution in [0, 0.1) is 0 Å². The summed E-state index contributed by atoms with van der Waals surface area (Å²) in [5.74, 6) is 0. The van der Waals surface area contributed by atoms with Crippen molar-refractivity contribution in [2.24, 2.45) is 0 Å².